The van der Waals surface area contributed by atoms with Crippen molar-refractivity contribution in [2.75, 3.05) is 13.2 Å². The van der Waals surface area contributed by atoms with Gasteiger partial charge in [-0.1, -0.05) is 23.2 Å². The zero-order chi connectivity index (χ0) is 15.6. The molecule has 0 saturated carbocycles. The fourth-order valence-electron chi connectivity index (χ4n) is 1.90. The highest BCUT2D eigenvalue weighted by molar-refractivity contribution is 7.89. The van der Waals surface area contributed by atoms with Crippen molar-refractivity contribution in [3.63, 3.8) is 0 Å². The van der Waals surface area contributed by atoms with Crippen LogP contribution in [0.3, 0.4) is 0 Å². The standard InChI is InChI=1S/C12H13Cl2NO5S/c13-9-5-7(6-10(11(9)14)21(15,17)18)12(16)20-8-1-3-19-4-2-8/h5-6,8H,1-4H2,(H2,15,17,18). The number of carbonyl (C=O) groups is 1. The highest BCUT2D eigenvalue weighted by Gasteiger charge is 2.23. The molecule has 0 spiro atoms. The van der Waals surface area contributed by atoms with Crippen molar-refractivity contribution in [1.82, 2.24) is 0 Å². The van der Waals surface area contributed by atoms with Crippen molar-refractivity contribution >= 4 is 39.2 Å². The minimum atomic E-state index is -4.09. The molecule has 0 amide bonds. The molecule has 9 heteroatoms. The minimum Gasteiger partial charge on any atom is -0.459 e. The van der Waals surface area contributed by atoms with Gasteiger partial charge in [0, 0.05) is 12.8 Å². The number of sulfonamides is 1. The van der Waals surface area contributed by atoms with Crippen molar-refractivity contribution in [2.24, 2.45) is 5.14 Å². The van der Waals surface area contributed by atoms with Crippen LogP contribution < -0.4 is 5.14 Å². The molecule has 1 aromatic carbocycles. The van der Waals surface area contributed by atoms with Crippen LogP contribution >= 0.6 is 23.2 Å². The topological polar surface area (TPSA) is 95.7 Å². The molecule has 0 atom stereocenters. The van der Waals surface area contributed by atoms with Gasteiger partial charge in [0.1, 0.15) is 11.0 Å². The molecule has 1 aromatic rings. The van der Waals surface area contributed by atoms with Crippen LogP contribution in [0.2, 0.25) is 10.0 Å². The smallest absolute Gasteiger partial charge is 0.338 e. The Morgan fingerprint density at radius 2 is 1.90 bits per heavy atom. The summed E-state index contributed by atoms with van der Waals surface area (Å²) in [5.41, 5.74) is -0.0140. The van der Waals surface area contributed by atoms with Crippen molar-refractivity contribution < 1.29 is 22.7 Å². The second-order valence-corrected chi connectivity index (χ2v) is 6.85. The summed E-state index contributed by atoms with van der Waals surface area (Å²) in [4.78, 5) is 11.6. The van der Waals surface area contributed by atoms with Crippen LogP contribution in [0.1, 0.15) is 23.2 Å². The van der Waals surface area contributed by atoms with Crippen molar-refractivity contribution in [1.29, 1.82) is 0 Å². The second kappa shape index (κ2) is 6.50. The monoisotopic (exact) mass is 353 g/mol. The minimum absolute atomic E-state index is 0.0140. The number of nitrogens with two attached hydrogens (primary N) is 1. The van der Waals surface area contributed by atoms with Gasteiger partial charge >= 0.3 is 5.97 Å². The Morgan fingerprint density at radius 1 is 1.29 bits per heavy atom. The summed E-state index contributed by atoms with van der Waals surface area (Å²) < 4.78 is 33.3. The highest BCUT2D eigenvalue weighted by Crippen LogP contribution is 2.30. The van der Waals surface area contributed by atoms with Gasteiger partial charge in [0.25, 0.3) is 0 Å². The lowest BCUT2D eigenvalue weighted by molar-refractivity contribution is -0.0159. The lowest BCUT2D eigenvalue weighted by Gasteiger charge is -2.22. The third kappa shape index (κ3) is 4.08. The quantitative estimate of drug-likeness (QED) is 0.838. The number of esters is 1. The molecular weight excluding hydrogens is 341 g/mol. The molecule has 0 aliphatic carbocycles. The first kappa shape index (κ1) is 16.5. The summed E-state index contributed by atoms with van der Waals surface area (Å²) in [6.07, 6.45) is 0.920. The molecule has 116 valence electrons. The summed E-state index contributed by atoms with van der Waals surface area (Å²) in [5, 5.41) is 4.74. The van der Waals surface area contributed by atoms with Crippen molar-refractivity contribution in [3.05, 3.63) is 27.7 Å². The number of hydrogen-bond donors (Lipinski definition) is 1. The van der Waals surface area contributed by atoms with E-state index in [1.165, 1.54) is 6.07 Å². The Hall–Kier alpha value is -0.860. The van der Waals surface area contributed by atoms with Gasteiger partial charge in [-0.3, -0.25) is 0 Å². The number of hydrogen-bond acceptors (Lipinski definition) is 5. The highest BCUT2D eigenvalue weighted by atomic mass is 35.5. The Morgan fingerprint density at radius 3 is 2.48 bits per heavy atom. The van der Waals surface area contributed by atoms with Gasteiger partial charge in [-0.15, -0.1) is 0 Å². The molecule has 1 heterocycles. The Labute approximate surface area is 132 Å². The predicted molar refractivity (Wildman–Crippen MR) is 77.1 cm³/mol. The molecule has 0 bridgehead atoms. The largest absolute Gasteiger partial charge is 0.459 e. The summed E-state index contributed by atoms with van der Waals surface area (Å²) in [6.45, 7) is 1.03. The van der Waals surface area contributed by atoms with Gasteiger partial charge in [0.2, 0.25) is 10.0 Å². The molecule has 6 nitrogen and oxygen atoms in total. The van der Waals surface area contributed by atoms with Gasteiger partial charge in [0.15, 0.2) is 0 Å². The van der Waals surface area contributed by atoms with E-state index in [0.29, 0.717) is 26.1 Å². The predicted octanol–water partition coefficient (Wildman–Crippen LogP) is 1.98. The fourth-order valence-corrected chi connectivity index (χ4v) is 3.26. The molecule has 2 rings (SSSR count). The lowest BCUT2D eigenvalue weighted by Crippen LogP contribution is -2.26. The average molecular weight is 354 g/mol. The van der Waals surface area contributed by atoms with Gasteiger partial charge in [-0.2, -0.15) is 0 Å². The van der Waals surface area contributed by atoms with Crippen LogP contribution in [0, 0.1) is 0 Å². The van der Waals surface area contributed by atoms with Crippen LogP contribution in [0.15, 0.2) is 17.0 Å². The molecule has 0 unspecified atom stereocenters. The average Bonchev–Trinajstić information content (AvgIpc) is 2.41. The van der Waals surface area contributed by atoms with Crippen LogP contribution in [0.4, 0.5) is 0 Å². The molecule has 1 saturated heterocycles. The first-order chi connectivity index (χ1) is 9.79. The first-order valence-electron chi connectivity index (χ1n) is 6.09. The molecule has 21 heavy (non-hydrogen) atoms. The zero-order valence-electron chi connectivity index (χ0n) is 10.8. The van der Waals surface area contributed by atoms with Crippen LogP contribution in [0.5, 0.6) is 0 Å². The van der Waals surface area contributed by atoms with Gasteiger partial charge in [-0.05, 0) is 12.1 Å². The summed E-state index contributed by atoms with van der Waals surface area (Å²) >= 11 is 11.6. The van der Waals surface area contributed by atoms with Crippen molar-refractivity contribution in [2.45, 2.75) is 23.8 Å². The van der Waals surface area contributed by atoms with E-state index in [4.69, 9.17) is 37.8 Å². The third-order valence-corrected chi connectivity index (χ3v) is 4.83. The number of halogens is 2. The Kier molecular flexibility index (Phi) is 5.11. The maximum atomic E-state index is 12.1. The Balaban J connectivity index is 2.27. The second-order valence-electron chi connectivity index (χ2n) is 4.53. The van der Waals surface area contributed by atoms with Crippen LogP contribution in [0.25, 0.3) is 0 Å². The number of carbonyl (C=O) groups excluding carboxylic acids is 1. The summed E-state index contributed by atoms with van der Waals surface area (Å²) in [6, 6.07) is 2.31. The number of rotatable bonds is 3. The summed E-state index contributed by atoms with van der Waals surface area (Å²) in [7, 11) is -4.09. The van der Waals surface area contributed by atoms with Crippen LogP contribution in [-0.4, -0.2) is 33.7 Å². The Bertz CT molecular complexity index is 656. The molecule has 0 aromatic heterocycles. The van der Waals surface area contributed by atoms with E-state index in [2.05, 4.69) is 0 Å². The molecule has 0 radical (unpaired) electrons. The third-order valence-electron chi connectivity index (χ3n) is 2.98. The molecule has 1 aliphatic heterocycles. The van der Waals surface area contributed by atoms with E-state index >= 15 is 0 Å². The van der Waals surface area contributed by atoms with E-state index in [1.54, 1.807) is 0 Å². The van der Waals surface area contributed by atoms with E-state index < -0.39 is 20.9 Å². The molecular formula is C12H13Cl2NO5S. The van der Waals surface area contributed by atoms with Crippen LogP contribution in [-0.2, 0) is 19.5 Å². The SMILES string of the molecule is NS(=O)(=O)c1cc(C(=O)OC2CCOCC2)cc(Cl)c1Cl. The summed E-state index contributed by atoms with van der Waals surface area (Å²) in [5.74, 6) is -0.676. The molecule has 1 fully saturated rings. The van der Waals surface area contributed by atoms with E-state index in [1.807, 2.05) is 0 Å². The lowest BCUT2D eigenvalue weighted by atomic mass is 10.1. The zero-order valence-corrected chi connectivity index (χ0v) is 13.2. The maximum Gasteiger partial charge on any atom is 0.338 e. The number of ether oxygens (including phenoxy) is 2. The van der Waals surface area contributed by atoms with E-state index in [-0.39, 0.29) is 21.7 Å². The van der Waals surface area contributed by atoms with E-state index in [0.717, 1.165) is 6.07 Å². The van der Waals surface area contributed by atoms with Gasteiger partial charge in [-0.25, -0.2) is 18.4 Å². The number of primary sulfonamides is 1. The first-order valence-corrected chi connectivity index (χ1v) is 8.40. The maximum absolute atomic E-state index is 12.1. The van der Waals surface area contributed by atoms with E-state index in [9.17, 15) is 13.2 Å². The van der Waals surface area contributed by atoms with Gasteiger partial charge < -0.3 is 9.47 Å². The fraction of sp³-hybridized carbons (Fsp3) is 0.417. The normalized spacial score (nSPS) is 16.7. The van der Waals surface area contributed by atoms with Gasteiger partial charge in [0.05, 0.1) is 28.8 Å². The van der Waals surface area contributed by atoms with Crippen molar-refractivity contribution in [3.8, 4) is 0 Å². The molecule has 2 N–H and O–H groups in total. The molecule has 1 aliphatic rings. The number of benzene rings is 1.